The van der Waals surface area contributed by atoms with Gasteiger partial charge in [0.1, 0.15) is 0 Å². The Bertz CT molecular complexity index is 370. The Labute approximate surface area is 107 Å². The maximum absolute atomic E-state index is 9.06. The number of aliphatic hydroxyl groups is 1. The van der Waals surface area contributed by atoms with Gasteiger partial charge < -0.3 is 19.7 Å². The van der Waals surface area contributed by atoms with E-state index >= 15 is 0 Å². The summed E-state index contributed by atoms with van der Waals surface area (Å²) in [6, 6.07) is 0. The van der Waals surface area contributed by atoms with E-state index in [1.807, 2.05) is 6.92 Å². The maximum atomic E-state index is 9.06. The van der Waals surface area contributed by atoms with Crippen molar-refractivity contribution in [3.05, 3.63) is 11.7 Å². The highest BCUT2D eigenvalue weighted by atomic mass is 16.5. The van der Waals surface area contributed by atoms with E-state index in [1.165, 1.54) is 0 Å². The van der Waals surface area contributed by atoms with Gasteiger partial charge in [-0.05, 0) is 26.2 Å². The van der Waals surface area contributed by atoms with Crippen LogP contribution in [-0.2, 0) is 11.3 Å². The topological polar surface area (TPSA) is 80.4 Å². The molecular formula is C12H21N3O3. The van der Waals surface area contributed by atoms with E-state index in [9.17, 15) is 0 Å². The van der Waals surface area contributed by atoms with Crippen molar-refractivity contribution in [3.8, 4) is 0 Å². The number of hydrogen-bond donors (Lipinski definition) is 2. The van der Waals surface area contributed by atoms with Crippen LogP contribution >= 0.6 is 0 Å². The summed E-state index contributed by atoms with van der Waals surface area (Å²) in [6.07, 6.45) is 2.95. The first-order valence-electron chi connectivity index (χ1n) is 6.34. The van der Waals surface area contributed by atoms with Crippen LogP contribution in [0.4, 0.5) is 0 Å². The molecule has 6 heteroatoms. The normalized spacial score (nSPS) is 18.8. The lowest BCUT2D eigenvalue weighted by Gasteiger charge is -2.28. The number of ether oxygens (including phenoxy) is 1. The summed E-state index contributed by atoms with van der Waals surface area (Å²) in [5.41, 5.74) is -0.280. The molecule has 1 unspecified atom stereocenters. The molecule has 6 nitrogen and oxygen atoms in total. The van der Waals surface area contributed by atoms with Crippen LogP contribution < -0.4 is 5.32 Å². The van der Waals surface area contributed by atoms with Gasteiger partial charge in [0, 0.05) is 25.2 Å². The molecular weight excluding hydrogens is 234 g/mol. The van der Waals surface area contributed by atoms with Gasteiger partial charge in [-0.2, -0.15) is 4.98 Å². The number of nitrogens with one attached hydrogen (secondary N) is 1. The predicted octanol–water partition coefficient (Wildman–Crippen LogP) is 0.824. The fourth-order valence-electron chi connectivity index (χ4n) is 1.91. The smallest absolute Gasteiger partial charge is 0.240 e. The van der Waals surface area contributed by atoms with Gasteiger partial charge in [0.15, 0.2) is 5.82 Å². The minimum atomic E-state index is -0.280. The molecule has 0 aliphatic heterocycles. The van der Waals surface area contributed by atoms with Crippen LogP contribution in [0.5, 0.6) is 0 Å². The molecule has 1 aromatic rings. The molecule has 0 bridgehead atoms. The zero-order chi connectivity index (χ0) is 13.0. The molecule has 1 heterocycles. The summed E-state index contributed by atoms with van der Waals surface area (Å²) in [6.45, 7) is 3.14. The lowest BCUT2D eigenvalue weighted by molar-refractivity contribution is 0.0948. The van der Waals surface area contributed by atoms with Crippen LogP contribution in [0.3, 0.4) is 0 Å². The van der Waals surface area contributed by atoms with Crippen LogP contribution in [0, 0.1) is 0 Å². The Morgan fingerprint density at radius 1 is 1.56 bits per heavy atom. The number of aromatic nitrogens is 2. The Hall–Kier alpha value is -0.980. The van der Waals surface area contributed by atoms with Gasteiger partial charge in [-0.15, -0.1) is 0 Å². The Morgan fingerprint density at radius 2 is 2.33 bits per heavy atom. The van der Waals surface area contributed by atoms with Crippen molar-refractivity contribution in [1.82, 2.24) is 15.5 Å². The minimum Gasteiger partial charge on any atom is -0.396 e. The summed E-state index contributed by atoms with van der Waals surface area (Å²) in [7, 11) is 1.65. The molecule has 2 rings (SSSR count). The number of hydrogen-bond acceptors (Lipinski definition) is 6. The van der Waals surface area contributed by atoms with Crippen LogP contribution in [0.1, 0.15) is 43.8 Å². The molecule has 1 aromatic heterocycles. The number of rotatable bonds is 8. The van der Waals surface area contributed by atoms with Crippen molar-refractivity contribution in [3.63, 3.8) is 0 Å². The molecule has 1 saturated carbocycles. The molecule has 0 spiro atoms. The van der Waals surface area contributed by atoms with E-state index in [0.717, 1.165) is 18.7 Å². The van der Waals surface area contributed by atoms with Crippen LogP contribution in [-0.4, -0.2) is 41.1 Å². The standard InChI is InChI=1S/C12H21N3O3/c1-12(5-6-16,8-17-2)13-7-10-14-11(15-18-10)9-3-4-9/h9,13,16H,3-8H2,1-2H3. The Morgan fingerprint density at radius 3 is 2.94 bits per heavy atom. The number of methoxy groups -OCH3 is 1. The molecule has 1 aliphatic rings. The quantitative estimate of drug-likeness (QED) is 0.716. The predicted molar refractivity (Wildman–Crippen MR) is 65.1 cm³/mol. The lowest BCUT2D eigenvalue weighted by Crippen LogP contribution is -2.46. The monoisotopic (exact) mass is 255 g/mol. The third-order valence-electron chi connectivity index (χ3n) is 3.22. The lowest BCUT2D eigenvalue weighted by atomic mass is 9.99. The third kappa shape index (κ3) is 3.51. The minimum absolute atomic E-state index is 0.115. The van der Waals surface area contributed by atoms with Gasteiger partial charge >= 0.3 is 0 Å². The van der Waals surface area contributed by atoms with E-state index in [0.29, 0.717) is 31.4 Å². The van der Waals surface area contributed by atoms with Crippen molar-refractivity contribution in [2.75, 3.05) is 20.3 Å². The van der Waals surface area contributed by atoms with Crippen molar-refractivity contribution in [2.24, 2.45) is 0 Å². The molecule has 1 fully saturated rings. The molecule has 0 amide bonds. The van der Waals surface area contributed by atoms with Crippen molar-refractivity contribution >= 4 is 0 Å². The average Bonchev–Trinajstić information content (AvgIpc) is 3.07. The second kappa shape index (κ2) is 5.77. The summed E-state index contributed by atoms with van der Waals surface area (Å²) >= 11 is 0. The summed E-state index contributed by atoms with van der Waals surface area (Å²) in [4.78, 5) is 4.35. The van der Waals surface area contributed by atoms with Gasteiger partial charge in [-0.25, -0.2) is 0 Å². The second-order valence-electron chi connectivity index (χ2n) is 5.14. The second-order valence-corrected chi connectivity index (χ2v) is 5.14. The molecule has 1 aliphatic carbocycles. The van der Waals surface area contributed by atoms with Gasteiger partial charge in [-0.1, -0.05) is 5.16 Å². The van der Waals surface area contributed by atoms with E-state index in [4.69, 9.17) is 14.4 Å². The summed E-state index contributed by atoms with van der Waals surface area (Å²) in [5.74, 6) is 1.92. The van der Waals surface area contributed by atoms with E-state index in [1.54, 1.807) is 7.11 Å². The first-order valence-corrected chi connectivity index (χ1v) is 6.34. The molecule has 0 radical (unpaired) electrons. The van der Waals surface area contributed by atoms with E-state index in [2.05, 4.69) is 15.5 Å². The van der Waals surface area contributed by atoms with Crippen LogP contribution in [0.25, 0.3) is 0 Å². The van der Waals surface area contributed by atoms with Crippen molar-refractivity contribution < 1.29 is 14.4 Å². The highest BCUT2D eigenvalue weighted by molar-refractivity contribution is 5.03. The third-order valence-corrected chi connectivity index (χ3v) is 3.22. The van der Waals surface area contributed by atoms with Gasteiger partial charge in [0.05, 0.1) is 13.2 Å². The van der Waals surface area contributed by atoms with E-state index in [-0.39, 0.29) is 12.1 Å². The SMILES string of the molecule is COCC(C)(CCO)NCc1nc(C2CC2)no1. The molecule has 0 saturated heterocycles. The fourth-order valence-corrected chi connectivity index (χ4v) is 1.91. The molecule has 18 heavy (non-hydrogen) atoms. The Kier molecular flexibility index (Phi) is 4.31. The average molecular weight is 255 g/mol. The number of aliphatic hydroxyl groups excluding tert-OH is 1. The highest BCUT2D eigenvalue weighted by Crippen LogP contribution is 2.38. The zero-order valence-electron chi connectivity index (χ0n) is 11.0. The van der Waals surface area contributed by atoms with Crippen molar-refractivity contribution in [2.45, 2.75) is 44.2 Å². The first kappa shape index (κ1) is 13.5. The highest BCUT2D eigenvalue weighted by Gasteiger charge is 2.29. The molecule has 0 aromatic carbocycles. The Balaban J connectivity index is 1.87. The van der Waals surface area contributed by atoms with Gasteiger partial charge in [0.25, 0.3) is 0 Å². The summed E-state index contributed by atoms with van der Waals surface area (Å²) in [5, 5.41) is 16.3. The molecule has 2 N–H and O–H groups in total. The maximum Gasteiger partial charge on any atom is 0.240 e. The summed E-state index contributed by atoms with van der Waals surface area (Å²) < 4.78 is 10.4. The van der Waals surface area contributed by atoms with Crippen LogP contribution in [0.2, 0.25) is 0 Å². The zero-order valence-corrected chi connectivity index (χ0v) is 11.0. The largest absolute Gasteiger partial charge is 0.396 e. The van der Waals surface area contributed by atoms with Gasteiger partial charge in [0.2, 0.25) is 5.89 Å². The molecule has 1 atom stereocenters. The molecule has 102 valence electrons. The number of nitrogens with zero attached hydrogens (tertiary/aromatic N) is 2. The van der Waals surface area contributed by atoms with Crippen molar-refractivity contribution in [1.29, 1.82) is 0 Å². The van der Waals surface area contributed by atoms with Gasteiger partial charge in [-0.3, -0.25) is 0 Å². The van der Waals surface area contributed by atoms with Crippen LogP contribution in [0.15, 0.2) is 4.52 Å². The first-order chi connectivity index (χ1) is 8.67. The van der Waals surface area contributed by atoms with E-state index < -0.39 is 0 Å². The fraction of sp³-hybridized carbons (Fsp3) is 0.833.